The molecular weight excluding hydrogens is 350 g/mol. The van der Waals surface area contributed by atoms with E-state index >= 15 is 0 Å². The number of hydrogen-bond donors (Lipinski definition) is 1. The number of guanidine groups is 1. The number of hydrogen-bond acceptors (Lipinski definition) is 4. The highest BCUT2D eigenvalue weighted by Crippen LogP contribution is 2.17. The molecule has 3 heterocycles. The highest BCUT2D eigenvalue weighted by atomic mass is 15.3. The predicted octanol–water partition coefficient (Wildman–Crippen LogP) is 1.98. The molecule has 1 N–H and O–H groups in total. The van der Waals surface area contributed by atoms with Crippen molar-refractivity contribution in [3.8, 4) is 0 Å². The minimum absolute atomic E-state index is 0.778. The molecule has 2 aromatic heterocycles. The van der Waals surface area contributed by atoms with E-state index < -0.39 is 0 Å². The maximum absolute atomic E-state index is 4.47. The van der Waals surface area contributed by atoms with Crippen LogP contribution in [0.2, 0.25) is 0 Å². The standard InChI is InChI=1S/C21H27N7/c1-17-6-5-7-18(16-17)26-12-14-27(15-13-26)21(22-2)23-10-9-20-25-24-19-8-3-4-11-28(19)20/h3-8,11,16H,9-10,12-15H2,1-2H3,(H,22,23). The van der Waals surface area contributed by atoms with Crippen molar-refractivity contribution in [2.75, 3.05) is 44.7 Å². The smallest absolute Gasteiger partial charge is 0.193 e. The zero-order chi connectivity index (χ0) is 19.3. The summed E-state index contributed by atoms with van der Waals surface area (Å²) in [6, 6.07) is 14.7. The van der Waals surface area contributed by atoms with Gasteiger partial charge in [-0.3, -0.25) is 9.39 Å². The van der Waals surface area contributed by atoms with Gasteiger partial charge in [-0.05, 0) is 36.8 Å². The zero-order valence-electron chi connectivity index (χ0n) is 16.5. The van der Waals surface area contributed by atoms with E-state index in [1.807, 2.05) is 35.8 Å². The van der Waals surface area contributed by atoms with Crippen LogP contribution in [-0.2, 0) is 6.42 Å². The van der Waals surface area contributed by atoms with Crippen LogP contribution in [0.4, 0.5) is 5.69 Å². The fraction of sp³-hybridized carbons (Fsp3) is 0.381. The molecule has 1 fully saturated rings. The number of pyridine rings is 1. The van der Waals surface area contributed by atoms with Gasteiger partial charge in [-0.2, -0.15) is 0 Å². The quantitative estimate of drug-likeness (QED) is 0.556. The van der Waals surface area contributed by atoms with E-state index in [0.29, 0.717) is 0 Å². The predicted molar refractivity (Wildman–Crippen MR) is 113 cm³/mol. The highest BCUT2D eigenvalue weighted by Gasteiger charge is 2.19. The van der Waals surface area contributed by atoms with Crippen molar-refractivity contribution in [1.29, 1.82) is 0 Å². The van der Waals surface area contributed by atoms with Crippen molar-refractivity contribution in [3.63, 3.8) is 0 Å². The lowest BCUT2D eigenvalue weighted by molar-refractivity contribution is 0.373. The summed E-state index contributed by atoms with van der Waals surface area (Å²) in [6.45, 7) is 6.84. The summed E-state index contributed by atoms with van der Waals surface area (Å²) in [7, 11) is 1.85. The minimum Gasteiger partial charge on any atom is -0.368 e. The van der Waals surface area contributed by atoms with Crippen molar-refractivity contribution < 1.29 is 0 Å². The van der Waals surface area contributed by atoms with E-state index in [-0.39, 0.29) is 0 Å². The van der Waals surface area contributed by atoms with Gasteiger partial charge in [-0.15, -0.1) is 10.2 Å². The van der Waals surface area contributed by atoms with Gasteiger partial charge in [0, 0.05) is 58.1 Å². The molecule has 3 aromatic rings. The average Bonchev–Trinajstić information content (AvgIpc) is 3.15. The molecule has 1 aliphatic rings. The third kappa shape index (κ3) is 3.93. The van der Waals surface area contributed by atoms with Crippen LogP contribution in [0.3, 0.4) is 0 Å². The second kappa shape index (κ2) is 8.29. The number of benzene rings is 1. The van der Waals surface area contributed by atoms with Crippen molar-refractivity contribution in [2.45, 2.75) is 13.3 Å². The van der Waals surface area contributed by atoms with Gasteiger partial charge in [0.1, 0.15) is 5.82 Å². The molecule has 0 amide bonds. The van der Waals surface area contributed by atoms with Gasteiger partial charge >= 0.3 is 0 Å². The average molecular weight is 377 g/mol. The van der Waals surface area contributed by atoms with Crippen LogP contribution in [0, 0.1) is 6.92 Å². The molecule has 1 saturated heterocycles. The lowest BCUT2D eigenvalue weighted by atomic mass is 10.2. The number of fused-ring (bicyclic) bond motifs is 1. The Kier molecular flexibility index (Phi) is 5.41. The monoisotopic (exact) mass is 377 g/mol. The third-order valence-electron chi connectivity index (χ3n) is 5.17. The highest BCUT2D eigenvalue weighted by molar-refractivity contribution is 5.80. The summed E-state index contributed by atoms with van der Waals surface area (Å²) in [5, 5.41) is 12.0. The van der Waals surface area contributed by atoms with Crippen LogP contribution in [0.15, 0.2) is 53.7 Å². The van der Waals surface area contributed by atoms with E-state index in [4.69, 9.17) is 0 Å². The van der Waals surface area contributed by atoms with E-state index in [0.717, 1.165) is 56.6 Å². The van der Waals surface area contributed by atoms with E-state index in [1.165, 1.54) is 11.3 Å². The molecule has 146 valence electrons. The topological polar surface area (TPSA) is 61.1 Å². The van der Waals surface area contributed by atoms with Crippen molar-refractivity contribution in [2.24, 2.45) is 4.99 Å². The summed E-state index contributed by atoms with van der Waals surface area (Å²) in [5.41, 5.74) is 3.49. The van der Waals surface area contributed by atoms with Crippen LogP contribution >= 0.6 is 0 Å². The summed E-state index contributed by atoms with van der Waals surface area (Å²) in [5.74, 6) is 1.92. The van der Waals surface area contributed by atoms with E-state index in [1.54, 1.807) is 0 Å². The molecule has 0 atom stereocenters. The Balaban J connectivity index is 1.30. The number of rotatable bonds is 4. The molecule has 1 aliphatic heterocycles. The molecule has 4 rings (SSSR count). The van der Waals surface area contributed by atoms with Gasteiger partial charge < -0.3 is 15.1 Å². The van der Waals surface area contributed by atoms with Crippen molar-refractivity contribution in [1.82, 2.24) is 24.8 Å². The molecule has 1 aromatic carbocycles. The first-order valence-electron chi connectivity index (χ1n) is 9.80. The Hall–Kier alpha value is -3.09. The molecule has 0 spiro atoms. The first kappa shape index (κ1) is 18.3. The Morgan fingerprint density at radius 2 is 1.93 bits per heavy atom. The Morgan fingerprint density at radius 1 is 1.07 bits per heavy atom. The molecule has 0 aliphatic carbocycles. The fourth-order valence-electron chi connectivity index (χ4n) is 3.68. The lowest BCUT2D eigenvalue weighted by Crippen LogP contribution is -2.52. The summed E-state index contributed by atoms with van der Waals surface area (Å²) in [6.07, 6.45) is 2.80. The second-order valence-corrected chi connectivity index (χ2v) is 7.08. The Labute approximate surface area is 165 Å². The maximum atomic E-state index is 4.47. The van der Waals surface area contributed by atoms with Gasteiger partial charge in [-0.25, -0.2) is 0 Å². The molecule has 28 heavy (non-hydrogen) atoms. The van der Waals surface area contributed by atoms with Crippen LogP contribution < -0.4 is 10.2 Å². The van der Waals surface area contributed by atoms with Gasteiger partial charge in [0.2, 0.25) is 0 Å². The molecule has 0 bridgehead atoms. The number of piperazine rings is 1. The van der Waals surface area contributed by atoms with Crippen LogP contribution in [0.1, 0.15) is 11.4 Å². The van der Waals surface area contributed by atoms with E-state index in [2.05, 4.69) is 61.5 Å². The van der Waals surface area contributed by atoms with Gasteiger partial charge in [0.05, 0.1) is 0 Å². The van der Waals surface area contributed by atoms with Crippen LogP contribution in [0.25, 0.3) is 5.65 Å². The number of aryl methyl sites for hydroxylation is 1. The molecule has 0 unspecified atom stereocenters. The number of aliphatic imine (C=N–C) groups is 1. The SMILES string of the molecule is CN=C(NCCc1nnc2ccccn12)N1CCN(c2cccc(C)c2)CC1. The minimum atomic E-state index is 0.778. The number of nitrogens with one attached hydrogen (secondary N) is 1. The van der Waals surface area contributed by atoms with Crippen LogP contribution in [0.5, 0.6) is 0 Å². The van der Waals surface area contributed by atoms with Crippen molar-refractivity contribution >= 4 is 17.3 Å². The van der Waals surface area contributed by atoms with Gasteiger partial charge in [0.15, 0.2) is 11.6 Å². The molecule has 7 heteroatoms. The van der Waals surface area contributed by atoms with Gasteiger partial charge in [0.25, 0.3) is 0 Å². The van der Waals surface area contributed by atoms with Crippen LogP contribution in [-0.4, -0.2) is 65.2 Å². The first-order valence-corrected chi connectivity index (χ1v) is 9.80. The summed E-state index contributed by atoms with van der Waals surface area (Å²) in [4.78, 5) is 9.25. The number of nitrogens with zero attached hydrogens (tertiary/aromatic N) is 6. The molecule has 0 radical (unpaired) electrons. The first-order chi connectivity index (χ1) is 13.7. The second-order valence-electron chi connectivity index (χ2n) is 7.08. The van der Waals surface area contributed by atoms with Crippen molar-refractivity contribution in [3.05, 3.63) is 60.0 Å². The molecule has 7 nitrogen and oxygen atoms in total. The third-order valence-corrected chi connectivity index (χ3v) is 5.17. The number of anilines is 1. The normalized spacial score (nSPS) is 15.3. The fourth-order valence-corrected chi connectivity index (χ4v) is 3.68. The van der Waals surface area contributed by atoms with Gasteiger partial charge in [-0.1, -0.05) is 18.2 Å². The Bertz CT molecular complexity index is 954. The number of aromatic nitrogens is 3. The van der Waals surface area contributed by atoms with E-state index in [9.17, 15) is 0 Å². The lowest BCUT2D eigenvalue weighted by Gasteiger charge is -2.37. The zero-order valence-corrected chi connectivity index (χ0v) is 16.5. The largest absolute Gasteiger partial charge is 0.368 e. The molecule has 0 saturated carbocycles. The summed E-state index contributed by atoms with van der Waals surface area (Å²) < 4.78 is 2.03. The molecular formula is C21H27N7. The Morgan fingerprint density at radius 3 is 2.71 bits per heavy atom. The summed E-state index contributed by atoms with van der Waals surface area (Å²) >= 11 is 0. The maximum Gasteiger partial charge on any atom is 0.193 e.